The normalized spacial score (nSPS) is 11.0. The van der Waals surface area contributed by atoms with Gasteiger partial charge in [0.05, 0.1) is 14.2 Å². The first-order chi connectivity index (χ1) is 13.7. The molecule has 2 rings (SSSR count). The van der Waals surface area contributed by atoms with Crippen molar-refractivity contribution in [2.75, 3.05) is 27.3 Å². The predicted octanol–water partition coefficient (Wildman–Crippen LogP) is 3.51. The van der Waals surface area contributed by atoms with Gasteiger partial charge >= 0.3 is 0 Å². The second-order valence-electron chi connectivity index (χ2n) is 7.90. The number of nitrogens with one attached hydrogen (secondary N) is 2. The molecule has 0 aliphatic heterocycles. The SMILES string of the molecule is COc1cc(C(=O)NCC(C)(C)CNC(=O)c2ccc(C)c(OC)c2)ccc1C. The summed E-state index contributed by atoms with van der Waals surface area (Å²) in [4.78, 5) is 24.9. The van der Waals surface area contributed by atoms with Gasteiger partial charge in [0.15, 0.2) is 0 Å². The van der Waals surface area contributed by atoms with Gasteiger partial charge in [-0.05, 0) is 54.7 Å². The molecule has 2 amide bonds. The van der Waals surface area contributed by atoms with Crippen LogP contribution in [0.5, 0.6) is 11.5 Å². The monoisotopic (exact) mass is 398 g/mol. The van der Waals surface area contributed by atoms with Gasteiger partial charge in [-0.15, -0.1) is 0 Å². The van der Waals surface area contributed by atoms with Crippen molar-refractivity contribution in [1.29, 1.82) is 0 Å². The largest absolute Gasteiger partial charge is 0.496 e. The molecule has 0 aliphatic rings. The van der Waals surface area contributed by atoms with E-state index >= 15 is 0 Å². The van der Waals surface area contributed by atoms with E-state index in [0.717, 1.165) is 11.1 Å². The molecule has 0 unspecified atom stereocenters. The summed E-state index contributed by atoms with van der Waals surface area (Å²) in [6.45, 7) is 8.66. The summed E-state index contributed by atoms with van der Waals surface area (Å²) in [5, 5.41) is 5.87. The fourth-order valence-electron chi connectivity index (χ4n) is 2.83. The summed E-state index contributed by atoms with van der Waals surface area (Å²) in [7, 11) is 3.17. The molecule has 0 saturated carbocycles. The first kappa shape index (κ1) is 22.3. The highest BCUT2D eigenvalue weighted by molar-refractivity contribution is 5.95. The molecule has 2 N–H and O–H groups in total. The smallest absolute Gasteiger partial charge is 0.251 e. The second-order valence-corrected chi connectivity index (χ2v) is 7.90. The van der Waals surface area contributed by atoms with Crippen LogP contribution in [0.25, 0.3) is 0 Å². The minimum absolute atomic E-state index is 0.175. The Labute approximate surface area is 172 Å². The first-order valence-electron chi connectivity index (χ1n) is 9.52. The fourth-order valence-corrected chi connectivity index (χ4v) is 2.83. The predicted molar refractivity (Wildman–Crippen MR) is 114 cm³/mol. The highest BCUT2D eigenvalue weighted by atomic mass is 16.5. The molecular weight excluding hydrogens is 368 g/mol. The van der Waals surface area contributed by atoms with Crippen LogP contribution in [0.2, 0.25) is 0 Å². The van der Waals surface area contributed by atoms with E-state index in [4.69, 9.17) is 9.47 Å². The van der Waals surface area contributed by atoms with Gasteiger partial charge in [0.25, 0.3) is 11.8 Å². The molecule has 0 aromatic heterocycles. The van der Waals surface area contributed by atoms with Gasteiger partial charge in [-0.1, -0.05) is 26.0 Å². The van der Waals surface area contributed by atoms with Crippen molar-refractivity contribution >= 4 is 11.8 Å². The molecule has 0 heterocycles. The van der Waals surface area contributed by atoms with Crippen molar-refractivity contribution in [2.45, 2.75) is 27.7 Å². The molecule has 0 saturated heterocycles. The number of carbonyl (C=O) groups is 2. The first-order valence-corrected chi connectivity index (χ1v) is 9.52. The summed E-state index contributed by atoms with van der Waals surface area (Å²) in [6, 6.07) is 10.7. The molecule has 0 fully saturated rings. The Bertz CT molecular complexity index is 819. The number of hydrogen-bond acceptors (Lipinski definition) is 4. The zero-order valence-corrected chi connectivity index (χ0v) is 18.0. The highest BCUT2D eigenvalue weighted by Gasteiger charge is 2.21. The minimum Gasteiger partial charge on any atom is -0.496 e. The van der Waals surface area contributed by atoms with Gasteiger partial charge in [0.2, 0.25) is 0 Å². The number of hydrogen-bond donors (Lipinski definition) is 2. The van der Waals surface area contributed by atoms with E-state index in [2.05, 4.69) is 10.6 Å². The lowest BCUT2D eigenvalue weighted by Gasteiger charge is -2.25. The standard InChI is InChI=1S/C23H30N2O4/c1-15-7-9-17(11-19(15)28-5)21(26)24-13-23(3,4)14-25-22(27)18-10-8-16(2)20(12-18)29-6/h7-12H,13-14H2,1-6H3,(H,24,26)(H,25,27). The number of ether oxygens (including phenoxy) is 2. The quantitative estimate of drug-likeness (QED) is 0.713. The molecular formula is C23H30N2O4. The number of carbonyl (C=O) groups excluding carboxylic acids is 2. The van der Waals surface area contributed by atoms with Gasteiger partial charge in [-0.2, -0.15) is 0 Å². The van der Waals surface area contributed by atoms with E-state index in [1.807, 2.05) is 39.8 Å². The van der Waals surface area contributed by atoms with Gasteiger partial charge in [0, 0.05) is 24.2 Å². The summed E-state index contributed by atoms with van der Waals surface area (Å²) in [5.41, 5.74) is 2.70. The maximum atomic E-state index is 12.5. The average molecular weight is 399 g/mol. The maximum Gasteiger partial charge on any atom is 0.251 e. The van der Waals surface area contributed by atoms with Gasteiger partial charge in [0.1, 0.15) is 11.5 Å². The molecule has 156 valence electrons. The minimum atomic E-state index is -0.325. The third-order valence-corrected chi connectivity index (χ3v) is 4.80. The van der Waals surface area contributed by atoms with Crippen molar-refractivity contribution in [3.05, 3.63) is 58.7 Å². The fraction of sp³-hybridized carbons (Fsp3) is 0.391. The van der Waals surface area contributed by atoms with Crippen LogP contribution in [-0.2, 0) is 0 Å². The van der Waals surface area contributed by atoms with Crippen LogP contribution in [0.15, 0.2) is 36.4 Å². The van der Waals surface area contributed by atoms with Crippen LogP contribution in [0.3, 0.4) is 0 Å². The Hall–Kier alpha value is -3.02. The number of aryl methyl sites for hydroxylation is 2. The zero-order valence-electron chi connectivity index (χ0n) is 18.0. The maximum absolute atomic E-state index is 12.5. The van der Waals surface area contributed by atoms with Crippen molar-refractivity contribution in [1.82, 2.24) is 10.6 Å². The number of amides is 2. The molecule has 0 atom stereocenters. The van der Waals surface area contributed by atoms with Crippen LogP contribution < -0.4 is 20.1 Å². The Morgan fingerprint density at radius 1 is 0.793 bits per heavy atom. The Kier molecular flexibility index (Phi) is 7.26. The van der Waals surface area contributed by atoms with E-state index in [0.29, 0.717) is 35.7 Å². The molecule has 2 aromatic rings. The van der Waals surface area contributed by atoms with Crippen molar-refractivity contribution in [2.24, 2.45) is 5.41 Å². The number of benzene rings is 2. The molecule has 29 heavy (non-hydrogen) atoms. The molecule has 0 aliphatic carbocycles. The summed E-state index contributed by atoms with van der Waals surface area (Å²) in [6.07, 6.45) is 0. The molecule has 6 nitrogen and oxygen atoms in total. The van der Waals surface area contributed by atoms with E-state index in [9.17, 15) is 9.59 Å². The van der Waals surface area contributed by atoms with Gasteiger partial charge in [-0.3, -0.25) is 9.59 Å². The summed E-state index contributed by atoms with van der Waals surface area (Å²) in [5.74, 6) is 1.01. The van der Waals surface area contributed by atoms with Crippen LogP contribution >= 0.6 is 0 Å². The average Bonchev–Trinajstić information content (AvgIpc) is 2.71. The topological polar surface area (TPSA) is 76.7 Å². The lowest BCUT2D eigenvalue weighted by molar-refractivity contribution is 0.0919. The summed E-state index contributed by atoms with van der Waals surface area (Å²) < 4.78 is 10.6. The number of methoxy groups -OCH3 is 2. The molecule has 0 spiro atoms. The van der Waals surface area contributed by atoms with Crippen molar-refractivity contribution in [3.8, 4) is 11.5 Å². The van der Waals surface area contributed by atoms with Gasteiger partial charge in [-0.25, -0.2) is 0 Å². The summed E-state index contributed by atoms with van der Waals surface area (Å²) >= 11 is 0. The Morgan fingerprint density at radius 3 is 1.52 bits per heavy atom. The molecule has 2 aromatic carbocycles. The van der Waals surface area contributed by atoms with E-state index in [1.54, 1.807) is 38.5 Å². The van der Waals surface area contributed by atoms with Crippen molar-refractivity contribution < 1.29 is 19.1 Å². The van der Waals surface area contributed by atoms with E-state index < -0.39 is 0 Å². The Morgan fingerprint density at radius 2 is 1.17 bits per heavy atom. The third-order valence-electron chi connectivity index (χ3n) is 4.80. The number of rotatable bonds is 8. The molecule has 0 radical (unpaired) electrons. The lowest BCUT2D eigenvalue weighted by atomic mass is 9.93. The zero-order chi connectivity index (χ0) is 21.6. The second kappa shape index (κ2) is 9.45. The van der Waals surface area contributed by atoms with Crippen LogP contribution in [0.4, 0.5) is 0 Å². The molecule has 6 heteroatoms. The van der Waals surface area contributed by atoms with Crippen molar-refractivity contribution in [3.63, 3.8) is 0 Å². The van der Waals surface area contributed by atoms with Crippen LogP contribution in [0.1, 0.15) is 45.7 Å². The molecule has 0 bridgehead atoms. The van der Waals surface area contributed by atoms with Crippen LogP contribution in [0, 0.1) is 19.3 Å². The van der Waals surface area contributed by atoms with E-state index in [-0.39, 0.29) is 17.2 Å². The highest BCUT2D eigenvalue weighted by Crippen LogP contribution is 2.21. The Balaban J connectivity index is 1.92. The van der Waals surface area contributed by atoms with Gasteiger partial charge < -0.3 is 20.1 Å². The third kappa shape index (κ3) is 5.98. The lowest BCUT2D eigenvalue weighted by Crippen LogP contribution is -2.42. The van der Waals surface area contributed by atoms with E-state index in [1.165, 1.54) is 0 Å². The van der Waals surface area contributed by atoms with Crippen LogP contribution in [-0.4, -0.2) is 39.1 Å².